The van der Waals surface area contributed by atoms with Crippen molar-refractivity contribution in [1.82, 2.24) is 15.6 Å². The molecule has 29 heavy (non-hydrogen) atoms. The number of nitrogens with zero attached hydrogens (tertiary/aromatic N) is 2. The van der Waals surface area contributed by atoms with Gasteiger partial charge in [-0.3, -0.25) is 10.3 Å². The maximum Gasteiger partial charge on any atom is 0.187 e. The fourth-order valence-corrected chi connectivity index (χ4v) is 3.26. The summed E-state index contributed by atoms with van der Waals surface area (Å²) < 4.78 is 11.0. The van der Waals surface area contributed by atoms with Crippen LogP contribution in [0, 0.1) is 0 Å². The number of morpholine rings is 1. The van der Waals surface area contributed by atoms with Crippen LogP contribution in [0.4, 0.5) is 0 Å². The Bertz CT molecular complexity index is 836. The van der Waals surface area contributed by atoms with Crippen molar-refractivity contribution in [2.24, 2.45) is 5.10 Å². The van der Waals surface area contributed by atoms with Crippen LogP contribution in [0.15, 0.2) is 53.6 Å². The minimum absolute atomic E-state index is 0.496. The third kappa shape index (κ3) is 6.52. The Morgan fingerprint density at radius 1 is 1.17 bits per heavy atom. The Labute approximate surface area is 177 Å². The quantitative estimate of drug-likeness (QED) is 0.414. The molecule has 7 heteroatoms. The molecule has 0 radical (unpaired) electrons. The summed E-state index contributed by atoms with van der Waals surface area (Å²) >= 11 is 5.33. The van der Waals surface area contributed by atoms with Crippen molar-refractivity contribution in [3.8, 4) is 5.75 Å². The summed E-state index contributed by atoms with van der Waals surface area (Å²) in [5, 5.41) is 8.10. The first-order chi connectivity index (χ1) is 14.2. The lowest BCUT2D eigenvalue weighted by Gasteiger charge is -2.27. The normalized spacial score (nSPS) is 15.0. The van der Waals surface area contributed by atoms with E-state index in [4.69, 9.17) is 21.7 Å². The van der Waals surface area contributed by atoms with Gasteiger partial charge in [0.05, 0.1) is 26.0 Å². The topological polar surface area (TPSA) is 58.1 Å². The summed E-state index contributed by atoms with van der Waals surface area (Å²) in [7, 11) is 1.71. The van der Waals surface area contributed by atoms with E-state index >= 15 is 0 Å². The second-order valence-electron chi connectivity index (χ2n) is 6.89. The van der Waals surface area contributed by atoms with Crippen molar-refractivity contribution < 1.29 is 9.47 Å². The molecule has 1 aliphatic heterocycles. The minimum Gasteiger partial charge on any atom is -0.496 e. The number of hydrogen-bond acceptors (Lipinski definition) is 5. The molecule has 0 saturated carbocycles. The van der Waals surface area contributed by atoms with Gasteiger partial charge in [-0.05, 0) is 48.5 Å². The SMILES string of the molecule is COc1ccc(/C(C)=N\NC(=S)NCc2ccccc2)cc1CN1CCOCC1. The van der Waals surface area contributed by atoms with E-state index in [0.29, 0.717) is 11.7 Å². The molecule has 0 aromatic heterocycles. The number of hydrazone groups is 1. The Hall–Kier alpha value is -2.48. The first kappa shape index (κ1) is 21.2. The van der Waals surface area contributed by atoms with Crippen LogP contribution in [0.25, 0.3) is 0 Å². The molecule has 1 fully saturated rings. The van der Waals surface area contributed by atoms with E-state index in [0.717, 1.165) is 55.4 Å². The molecule has 2 aromatic carbocycles. The zero-order valence-electron chi connectivity index (χ0n) is 17.0. The number of hydrogen-bond donors (Lipinski definition) is 2. The number of benzene rings is 2. The molecule has 0 spiro atoms. The Morgan fingerprint density at radius 3 is 2.66 bits per heavy atom. The molecule has 0 amide bonds. The molecule has 6 nitrogen and oxygen atoms in total. The van der Waals surface area contributed by atoms with E-state index in [2.05, 4.69) is 38.9 Å². The lowest BCUT2D eigenvalue weighted by atomic mass is 10.1. The fourth-order valence-electron chi connectivity index (χ4n) is 3.14. The summed E-state index contributed by atoms with van der Waals surface area (Å²) in [5.74, 6) is 0.890. The van der Waals surface area contributed by atoms with Gasteiger partial charge < -0.3 is 14.8 Å². The second kappa shape index (κ2) is 10.9. The summed E-state index contributed by atoms with van der Waals surface area (Å²) in [6.45, 7) is 6.88. The van der Waals surface area contributed by atoms with E-state index in [9.17, 15) is 0 Å². The van der Waals surface area contributed by atoms with E-state index in [1.54, 1.807) is 7.11 Å². The Balaban J connectivity index is 1.60. The van der Waals surface area contributed by atoms with Gasteiger partial charge in [0, 0.05) is 31.7 Å². The van der Waals surface area contributed by atoms with Crippen LogP contribution in [-0.4, -0.2) is 49.1 Å². The van der Waals surface area contributed by atoms with E-state index in [1.807, 2.05) is 37.3 Å². The molecule has 1 aliphatic rings. The fraction of sp³-hybridized carbons (Fsp3) is 0.364. The van der Waals surface area contributed by atoms with Crippen LogP contribution in [0.2, 0.25) is 0 Å². The minimum atomic E-state index is 0.496. The van der Waals surface area contributed by atoms with E-state index in [-0.39, 0.29) is 0 Å². The molecule has 1 heterocycles. The molecular formula is C22H28N4O2S. The van der Waals surface area contributed by atoms with E-state index in [1.165, 1.54) is 5.56 Å². The van der Waals surface area contributed by atoms with Gasteiger partial charge in [0.25, 0.3) is 0 Å². The van der Waals surface area contributed by atoms with Gasteiger partial charge in [0.1, 0.15) is 5.75 Å². The van der Waals surface area contributed by atoms with Crippen molar-refractivity contribution in [3.05, 3.63) is 65.2 Å². The number of thiocarbonyl (C=S) groups is 1. The molecular weight excluding hydrogens is 384 g/mol. The molecule has 3 rings (SSSR count). The molecule has 2 N–H and O–H groups in total. The molecule has 0 atom stereocenters. The van der Waals surface area contributed by atoms with Gasteiger partial charge in [-0.2, -0.15) is 5.10 Å². The van der Waals surface area contributed by atoms with Crippen LogP contribution >= 0.6 is 12.2 Å². The highest BCUT2D eigenvalue weighted by Gasteiger charge is 2.14. The lowest BCUT2D eigenvalue weighted by molar-refractivity contribution is 0.0339. The predicted molar refractivity (Wildman–Crippen MR) is 120 cm³/mol. The molecule has 2 aromatic rings. The van der Waals surface area contributed by atoms with Crippen molar-refractivity contribution in [2.45, 2.75) is 20.0 Å². The Morgan fingerprint density at radius 2 is 1.93 bits per heavy atom. The standard InChI is InChI=1S/C22H28N4O2S/c1-17(24-25-22(29)23-15-18-6-4-3-5-7-18)19-8-9-21(27-2)20(14-19)16-26-10-12-28-13-11-26/h3-9,14H,10-13,15-16H2,1-2H3,(H2,23,25,29)/b24-17-. The highest BCUT2D eigenvalue weighted by atomic mass is 32.1. The number of nitrogens with one attached hydrogen (secondary N) is 2. The third-order valence-corrected chi connectivity index (χ3v) is 5.05. The molecule has 0 unspecified atom stereocenters. The lowest BCUT2D eigenvalue weighted by Crippen LogP contribution is -2.35. The largest absolute Gasteiger partial charge is 0.496 e. The van der Waals surface area contributed by atoms with Crippen molar-refractivity contribution >= 4 is 23.0 Å². The first-order valence-corrected chi connectivity index (χ1v) is 10.2. The van der Waals surface area contributed by atoms with Gasteiger partial charge in [0.2, 0.25) is 0 Å². The summed E-state index contributed by atoms with van der Waals surface area (Å²) in [6.07, 6.45) is 0. The van der Waals surface area contributed by atoms with Crippen molar-refractivity contribution in [3.63, 3.8) is 0 Å². The third-order valence-electron chi connectivity index (χ3n) is 4.82. The highest BCUT2D eigenvalue weighted by molar-refractivity contribution is 7.80. The average molecular weight is 413 g/mol. The van der Waals surface area contributed by atoms with Crippen LogP contribution < -0.4 is 15.5 Å². The molecule has 154 valence electrons. The maximum atomic E-state index is 5.55. The van der Waals surface area contributed by atoms with Crippen LogP contribution in [-0.2, 0) is 17.8 Å². The summed E-state index contributed by atoms with van der Waals surface area (Å²) in [5.41, 5.74) is 7.14. The van der Waals surface area contributed by atoms with Gasteiger partial charge >= 0.3 is 0 Å². The zero-order chi connectivity index (χ0) is 20.5. The van der Waals surface area contributed by atoms with Crippen LogP contribution in [0.3, 0.4) is 0 Å². The highest BCUT2D eigenvalue weighted by Crippen LogP contribution is 2.22. The van der Waals surface area contributed by atoms with Crippen LogP contribution in [0.1, 0.15) is 23.6 Å². The summed E-state index contributed by atoms with van der Waals surface area (Å²) in [4.78, 5) is 2.37. The number of ether oxygens (including phenoxy) is 2. The van der Waals surface area contributed by atoms with Crippen molar-refractivity contribution in [2.75, 3.05) is 33.4 Å². The first-order valence-electron chi connectivity index (χ1n) is 9.75. The van der Waals surface area contributed by atoms with Crippen molar-refractivity contribution in [1.29, 1.82) is 0 Å². The van der Waals surface area contributed by atoms with Gasteiger partial charge in [-0.1, -0.05) is 30.3 Å². The Kier molecular flexibility index (Phi) is 7.98. The van der Waals surface area contributed by atoms with Crippen LogP contribution in [0.5, 0.6) is 5.75 Å². The van der Waals surface area contributed by atoms with E-state index < -0.39 is 0 Å². The number of rotatable bonds is 7. The second-order valence-corrected chi connectivity index (χ2v) is 7.30. The average Bonchev–Trinajstić information content (AvgIpc) is 2.77. The van der Waals surface area contributed by atoms with Gasteiger partial charge in [-0.15, -0.1) is 0 Å². The molecule has 1 saturated heterocycles. The van der Waals surface area contributed by atoms with Gasteiger partial charge in [-0.25, -0.2) is 0 Å². The predicted octanol–water partition coefficient (Wildman–Crippen LogP) is 2.92. The number of methoxy groups -OCH3 is 1. The van der Waals surface area contributed by atoms with Gasteiger partial charge in [0.15, 0.2) is 5.11 Å². The monoisotopic (exact) mass is 412 g/mol. The smallest absolute Gasteiger partial charge is 0.187 e. The molecule has 0 bridgehead atoms. The maximum absolute atomic E-state index is 5.55. The molecule has 0 aliphatic carbocycles. The summed E-state index contributed by atoms with van der Waals surface area (Å²) in [6, 6.07) is 16.3. The zero-order valence-corrected chi connectivity index (χ0v) is 17.8.